The van der Waals surface area contributed by atoms with Crippen LogP contribution in [0.15, 0.2) is 29.7 Å². The molecular weight excluding hydrogens is 220 g/mol. The molecule has 0 aromatic heterocycles. The Kier molecular flexibility index (Phi) is 3.18. The van der Waals surface area contributed by atoms with Gasteiger partial charge in [0.2, 0.25) is 0 Å². The average Bonchev–Trinajstić information content (AvgIpc) is 2.78. The molecule has 0 spiro atoms. The number of aliphatic hydroxyl groups excluding tert-OH is 1. The van der Waals surface area contributed by atoms with Crippen LogP contribution in [-0.2, 0) is 0 Å². The Labute approximate surface area is 99.0 Å². The highest BCUT2D eigenvalue weighted by Gasteiger charge is 2.21. The number of nitrogens with zero attached hydrogens (tertiary/aromatic N) is 2. The van der Waals surface area contributed by atoms with Crippen LogP contribution in [0.3, 0.4) is 0 Å². The number of rotatable bonds is 2. The van der Waals surface area contributed by atoms with Crippen molar-refractivity contribution >= 4 is 17.5 Å². The summed E-state index contributed by atoms with van der Waals surface area (Å²) in [5.74, 6) is 0.717. The van der Waals surface area contributed by atoms with E-state index in [0.717, 1.165) is 11.3 Å². The molecule has 1 heterocycles. The molecule has 81 valence electrons. The van der Waals surface area contributed by atoms with Crippen LogP contribution in [0.4, 0.5) is 0 Å². The number of thioether (sulfide) groups is 1. The van der Waals surface area contributed by atoms with E-state index in [4.69, 9.17) is 5.26 Å². The summed E-state index contributed by atoms with van der Waals surface area (Å²) in [7, 11) is 0. The topological polar surface area (TPSA) is 47.3 Å². The van der Waals surface area contributed by atoms with Gasteiger partial charge in [-0.15, -0.1) is 11.8 Å². The Bertz CT molecular complexity index is 462. The van der Waals surface area contributed by atoms with Crippen LogP contribution >= 0.6 is 11.8 Å². The van der Waals surface area contributed by atoms with E-state index in [-0.39, 0.29) is 6.23 Å². The fraction of sp³-hybridized carbons (Fsp3) is 0.167. The van der Waals surface area contributed by atoms with Gasteiger partial charge in [0.25, 0.3) is 0 Å². The van der Waals surface area contributed by atoms with Gasteiger partial charge in [-0.2, -0.15) is 5.26 Å². The number of aliphatic hydroxyl groups is 1. The lowest BCUT2D eigenvalue weighted by Gasteiger charge is -2.23. The molecule has 3 nitrogen and oxygen atoms in total. The number of benzene rings is 1. The molecule has 1 radical (unpaired) electrons. The summed E-state index contributed by atoms with van der Waals surface area (Å²) >= 11 is 1.63. The number of hydrogen-bond acceptors (Lipinski definition) is 4. The van der Waals surface area contributed by atoms with Crippen LogP contribution in [0.2, 0.25) is 0 Å². The fourth-order valence-corrected chi connectivity index (χ4v) is 2.53. The third kappa shape index (κ3) is 2.06. The predicted octanol–water partition coefficient (Wildman–Crippen LogP) is 2.74. The minimum Gasteiger partial charge on any atom is -0.367 e. The van der Waals surface area contributed by atoms with Gasteiger partial charge in [-0.3, -0.25) is 0 Å². The molecule has 0 fully saturated rings. The lowest BCUT2D eigenvalue weighted by Crippen LogP contribution is -2.21. The van der Waals surface area contributed by atoms with Gasteiger partial charge in [0, 0.05) is 0 Å². The standard InChI is InChI=1S/C12H11N2OS/c1-9(15)14-8-16-7-12(14)11-4-2-3-10(5-11)6-13/h2-5,7,15H,8H2,1H3. The Morgan fingerprint density at radius 3 is 3.06 bits per heavy atom. The summed E-state index contributed by atoms with van der Waals surface area (Å²) in [5.41, 5.74) is 2.53. The van der Waals surface area contributed by atoms with E-state index in [2.05, 4.69) is 6.07 Å². The lowest BCUT2D eigenvalue weighted by atomic mass is 10.1. The number of hydrogen-bond donors (Lipinski definition) is 1. The van der Waals surface area contributed by atoms with Crippen LogP contribution in [0, 0.1) is 17.6 Å². The Balaban J connectivity index is 2.34. The molecule has 0 atom stereocenters. The fourth-order valence-electron chi connectivity index (χ4n) is 1.56. The zero-order valence-electron chi connectivity index (χ0n) is 8.84. The highest BCUT2D eigenvalue weighted by atomic mass is 32.2. The van der Waals surface area contributed by atoms with Crippen LogP contribution in [0.25, 0.3) is 5.70 Å². The Morgan fingerprint density at radius 2 is 2.38 bits per heavy atom. The van der Waals surface area contributed by atoms with Crippen molar-refractivity contribution in [1.29, 1.82) is 5.26 Å². The molecule has 0 saturated carbocycles. The summed E-state index contributed by atoms with van der Waals surface area (Å²) < 4.78 is 0. The monoisotopic (exact) mass is 231 g/mol. The van der Waals surface area contributed by atoms with E-state index < -0.39 is 0 Å². The summed E-state index contributed by atoms with van der Waals surface area (Å²) in [6.45, 7) is 1.66. The first-order chi connectivity index (χ1) is 7.72. The Morgan fingerprint density at radius 1 is 1.56 bits per heavy atom. The van der Waals surface area contributed by atoms with Crippen LogP contribution in [0.1, 0.15) is 18.1 Å². The van der Waals surface area contributed by atoms with Crippen molar-refractivity contribution in [3.63, 3.8) is 0 Å². The maximum atomic E-state index is 9.53. The van der Waals surface area contributed by atoms with E-state index in [1.807, 2.05) is 28.5 Å². The SMILES string of the molecule is C[C](O)N1CSC=C1c1cccc(C#N)c1. The lowest BCUT2D eigenvalue weighted by molar-refractivity contribution is 0.192. The van der Waals surface area contributed by atoms with Gasteiger partial charge in [0.1, 0.15) is 0 Å². The second-order valence-electron chi connectivity index (χ2n) is 3.47. The van der Waals surface area contributed by atoms with Crippen molar-refractivity contribution in [2.24, 2.45) is 0 Å². The largest absolute Gasteiger partial charge is 0.367 e. The molecule has 0 aliphatic carbocycles. The van der Waals surface area contributed by atoms with Crippen molar-refractivity contribution in [2.45, 2.75) is 6.92 Å². The quantitative estimate of drug-likeness (QED) is 0.850. The van der Waals surface area contributed by atoms with Gasteiger partial charge >= 0.3 is 0 Å². The highest BCUT2D eigenvalue weighted by Crippen LogP contribution is 2.34. The Hall–Kier alpha value is -1.44. The van der Waals surface area contributed by atoms with Crippen LogP contribution in [0.5, 0.6) is 0 Å². The average molecular weight is 231 g/mol. The summed E-state index contributed by atoms with van der Waals surface area (Å²) in [5, 5.41) is 20.4. The van der Waals surface area contributed by atoms with E-state index >= 15 is 0 Å². The zero-order valence-corrected chi connectivity index (χ0v) is 9.66. The molecule has 2 rings (SSSR count). The molecule has 0 bridgehead atoms. The first kappa shape index (κ1) is 11.1. The summed E-state index contributed by atoms with van der Waals surface area (Å²) in [4.78, 5) is 1.82. The van der Waals surface area contributed by atoms with Gasteiger partial charge in [0.15, 0.2) is 6.23 Å². The molecule has 0 amide bonds. The van der Waals surface area contributed by atoms with E-state index in [1.54, 1.807) is 24.8 Å². The molecule has 16 heavy (non-hydrogen) atoms. The normalized spacial score (nSPS) is 15.1. The van der Waals surface area contributed by atoms with Crippen molar-refractivity contribution in [3.8, 4) is 6.07 Å². The molecular formula is C12H11N2OS. The maximum Gasteiger partial charge on any atom is 0.184 e. The maximum absolute atomic E-state index is 9.53. The minimum absolute atomic E-state index is 0.276. The van der Waals surface area contributed by atoms with Crippen molar-refractivity contribution < 1.29 is 5.11 Å². The smallest absolute Gasteiger partial charge is 0.184 e. The highest BCUT2D eigenvalue weighted by molar-refractivity contribution is 8.02. The van der Waals surface area contributed by atoms with Gasteiger partial charge in [-0.25, -0.2) is 0 Å². The van der Waals surface area contributed by atoms with Crippen LogP contribution in [-0.4, -0.2) is 15.9 Å². The zero-order chi connectivity index (χ0) is 11.5. The molecule has 1 aromatic carbocycles. The second kappa shape index (κ2) is 4.60. The summed E-state index contributed by atoms with van der Waals surface area (Å²) in [6, 6.07) is 9.50. The second-order valence-corrected chi connectivity index (χ2v) is 4.29. The third-order valence-electron chi connectivity index (χ3n) is 2.37. The van der Waals surface area contributed by atoms with E-state index in [9.17, 15) is 5.11 Å². The van der Waals surface area contributed by atoms with Gasteiger partial charge < -0.3 is 10.0 Å². The van der Waals surface area contributed by atoms with Gasteiger partial charge in [-0.1, -0.05) is 12.1 Å². The molecule has 0 saturated heterocycles. The number of nitriles is 1. The van der Waals surface area contributed by atoms with Gasteiger partial charge in [-0.05, 0) is 30.0 Å². The molecule has 1 aliphatic heterocycles. The van der Waals surface area contributed by atoms with Crippen molar-refractivity contribution in [2.75, 3.05) is 5.88 Å². The molecule has 1 N–H and O–H groups in total. The molecule has 1 aromatic rings. The van der Waals surface area contributed by atoms with Crippen molar-refractivity contribution in [1.82, 2.24) is 4.90 Å². The predicted molar refractivity (Wildman–Crippen MR) is 64.3 cm³/mol. The summed E-state index contributed by atoms with van der Waals surface area (Å²) in [6.07, 6.45) is 0.276. The van der Waals surface area contributed by atoms with Crippen LogP contribution < -0.4 is 0 Å². The van der Waals surface area contributed by atoms with Gasteiger partial charge in [0.05, 0.1) is 23.2 Å². The van der Waals surface area contributed by atoms with Crippen molar-refractivity contribution in [3.05, 3.63) is 47.0 Å². The first-order valence-corrected chi connectivity index (χ1v) is 5.89. The molecule has 4 heteroatoms. The first-order valence-electron chi connectivity index (χ1n) is 4.85. The molecule has 0 unspecified atom stereocenters. The van der Waals surface area contributed by atoms with E-state index in [0.29, 0.717) is 11.4 Å². The third-order valence-corrected chi connectivity index (χ3v) is 3.16. The minimum atomic E-state index is 0.276. The molecule has 1 aliphatic rings. The van der Waals surface area contributed by atoms with E-state index in [1.165, 1.54) is 0 Å².